The number of carboxylic acids is 1. The number of rotatable bonds is 6. The Bertz CT molecular complexity index is 392. The summed E-state index contributed by atoms with van der Waals surface area (Å²) >= 11 is 1.12. The molecule has 2 amide bonds. The second-order valence-corrected chi connectivity index (χ2v) is 3.78. The van der Waals surface area contributed by atoms with Crippen LogP contribution in [0.5, 0.6) is 0 Å². The largest absolute Gasteiger partial charge is 0.478 e. The van der Waals surface area contributed by atoms with Crippen molar-refractivity contribution >= 4 is 28.3 Å². The van der Waals surface area contributed by atoms with Crippen molar-refractivity contribution in [1.82, 2.24) is 5.48 Å². The molecule has 0 aliphatic heterocycles. The fourth-order valence-corrected chi connectivity index (χ4v) is 1.72. The first-order chi connectivity index (χ1) is 8.15. The predicted molar refractivity (Wildman–Crippen MR) is 61.3 cm³/mol. The minimum atomic E-state index is -1.10. The van der Waals surface area contributed by atoms with E-state index >= 15 is 0 Å². The molecular weight excluding hydrogens is 248 g/mol. The van der Waals surface area contributed by atoms with E-state index in [1.165, 1.54) is 13.2 Å². The zero-order valence-electron chi connectivity index (χ0n) is 9.06. The van der Waals surface area contributed by atoms with Crippen LogP contribution in [-0.4, -0.2) is 37.4 Å². The summed E-state index contributed by atoms with van der Waals surface area (Å²) in [7, 11) is 1.51. The average molecular weight is 260 g/mol. The Hall–Kier alpha value is -1.64. The summed E-state index contributed by atoms with van der Waals surface area (Å²) in [6, 6.07) is 0.778. The number of carbonyl (C=O) groups is 2. The van der Waals surface area contributed by atoms with Crippen LogP contribution in [0.3, 0.4) is 0 Å². The number of amides is 2. The van der Waals surface area contributed by atoms with E-state index < -0.39 is 12.0 Å². The molecule has 0 aromatic carbocycles. The standard InChI is InChI=1S/C9H12N2O5S/c1-15-3-4-16-11-9(14)10-7-6(8(12)13)2-5-17-7/h2,5H,3-4H2,1H3,(H,12,13)(H2,10,11,14). The van der Waals surface area contributed by atoms with Gasteiger partial charge in [0.15, 0.2) is 0 Å². The van der Waals surface area contributed by atoms with Crippen molar-refractivity contribution in [3.63, 3.8) is 0 Å². The molecule has 1 aromatic rings. The van der Waals surface area contributed by atoms with E-state index in [9.17, 15) is 9.59 Å². The van der Waals surface area contributed by atoms with Gasteiger partial charge in [-0.05, 0) is 11.4 Å². The van der Waals surface area contributed by atoms with Crippen LogP contribution in [0, 0.1) is 0 Å². The van der Waals surface area contributed by atoms with Crippen molar-refractivity contribution in [3.8, 4) is 0 Å². The van der Waals surface area contributed by atoms with Crippen molar-refractivity contribution < 1.29 is 24.3 Å². The van der Waals surface area contributed by atoms with Gasteiger partial charge in [-0.25, -0.2) is 15.1 Å². The highest BCUT2D eigenvalue weighted by Crippen LogP contribution is 2.22. The Morgan fingerprint density at radius 3 is 2.88 bits per heavy atom. The number of thiophene rings is 1. The molecule has 0 atom stereocenters. The Balaban J connectivity index is 2.40. The first-order valence-electron chi connectivity index (χ1n) is 4.63. The third kappa shape index (κ3) is 4.39. The minimum absolute atomic E-state index is 0.0436. The lowest BCUT2D eigenvalue weighted by Gasteiger charge is -2.06. The molecule has 17 heavy (non-hydrogen) atoms. The third-order valence-corrected chi connectivity index (χ3v) is 2.51. The van der Waals surface area contributed by atoms with E-state index in [1.54, 1.807) is 5.38 Å². The molecule has 0 aliphatic carbocycles. The first-order valence-corrected chi connectivity index (χ1v) is 5.51. The number of carboxylic acid groups (broad SMARTS) is 1. The summed E-state index contributed by atoms with van der Waals surface area (Å²) in [6.45, 7) is 0.555. The van der Waals surface area contributed by atoms with Gasteiger partial charge in [0.1, 0.15) is 5.00 Å². The van der Waals surface area contributed by atoms with E-state index in [1.807, 2.05) is 0 Å². The molecule has 7 nitrogen and oxygen atoms in total. The van der Waals surface area contributed by atoms with Crippen LogP contribution in [-0.2, 0) is 9.57 Å². The monoisotopic (exact) mass is 260 g/mol. The zero-order valence-corrected chi connectivity index (χ0v) is 9.87. The summed E-state index contributed by atoms with van der Waals surface area (Å²) in [6.07, 6.45) is 0. The van der Waals surface area contributed by atoms with Gasteiger partial charge in [0.2, 0.25) is 0 Å². The smallest absolute Gasteiger partial charge is 0.343 e. The van der Waals surface area contributed by atoms with Gasteiger partial charge in [0.25, 0.3) is 0 Å². The van der Waals surface area contributed by atoms with E-state index in [4.69, 9.17) is 14.7 Å². The van der Waals surface area contributed by atoms with Crippen molar-refractivity contribution in [1.29, 1.82) is 0 Å². The Labute approximate surface area is 101 Å². The lowest BCUT2D eigenvalue weighted by atomic mass is 10.3. The molecule has 3 N–H and O–H groups in total. The van der Waals surface area contributed by atoms with E-state index in [2.05, 4.69) is 10.8 Å². The number of ether oxygens (including phenoxy) is 1. The van der Waals surface area contributed by atoms with Crippen LogP contribution >= 0.6 is 11.3 Å². The van der Waals surface area contributed by atoms with E-state index in [-0.39, 0.29) is 17.2 Å². The molecule has 0 radical (unpaired) electrons. The topological polar surface area (TPSA) is 96.9 Å². The highest BCUT2D eigenvalue weighted by molar-refractivity contribution is 7.14. The molecule has 8 heteroatoms. The van der Waals surface area contributed by atoms with Crippen LogP contribution < -0.4 is 10.8 Å². The molecule has 0 bridgehead atoms. The quantitative estimate of drug-likeness (QED) is 0.526. The molecule has 1 heterocycles. The summed E-state index contributed by atoms with van der Waals surface area (Å²) in [5, 5.41) is 13.0. The Morgan fingerprint density at radius 2 is 2.24 bits per heavy atom. The number of urea groups is 1. The zero-order chi connectivity index (χ0) is 12.7. The summed E-state index contributed by atoms with van der Waals surface area (Å²) in [5.74, 6) is -1.10. The number of methoxy groups -OCH3 is 1. The van der Waals surface area contributed by atoms with Crippen molar-refractivity contribution in [2.75, 3.05) is 25.6 Å². The molecule has 0 saturated carbocycles. The summed E-state index contributed by atoms with van der Waals surface area (Å²) in [5.41, 5.74) is 2.15. The number of nitrogens with one attached hydrogen (secondary N) is 2. The number of hydrogen-bond donors (Lipinski definition) is 3. The van der Waals surface area contributed by atoms with Crippen molar-refractivity contribution in [2.24, 2.45) is 0 Å². The molecule has 0 saturated heterocycles. The third-order valence-electron chi connectivity index (χ3n) is 1.68. The van der Waals surface area contributed by atoms with E-state index in [0.29, 0.717) is 6.61 Å². The van der Waals surface area contributed by atoms with Crippen LogP contribution in [0.2, 0.25) is 0 Å². The number of aromatic carboxylic acids is 1. The molecule has 0 fully saturated rings. The normalized spacial score (nSPS) is 9.94. The van der Waals surface area contributed by atoms with Crippen molar-refractivity contribution in [2.45, 2.75) is 0 Å². The van der Waals surface area contributed by atoms with Crippen LogP contribution in [0.25, 0.3) is 0 Å². The second-order valence-electron chi connectivity index (χ2n) is 2.87. The SMILES string of the molecule is COCCONC(=O)Nc1sccc1C(=O)O. The van der Waals surface area contributed by atoms with Crippen molar-refractivity contribution in [3.05, 3.63) is 17.0 Å². The van der Waals surface area contributed by atoms with Gasteiger partial charge >= 0.3 is 12.0 Å². The van der Waals surface area contributed by atoms with Gasteiger partial charge in [-0.1, -0.05) is 0 Å². The molecular formula is C9H12N2O5S. The average Bonchev–Trinajstić information content (AvgIpc) is 2.72. The number of carbonyl (C=O) groups excluding carboxylic acids is 1. The highest BCUT2D eigenvalue weighted by Gasteiger charge is 2.13. The highest BCUT2D eigenvalue weighted by atomic mass is 32.1. The number of hydroxylamine groups is 1. The maximum atomic E-state index is 11.3. The summed E-state index contributed by atoms with van der Waals surface area (Å²) < 4.78 is 4.71. The minimum Gasteiger partial charge on any atom is -0.478 e. The molecule has 0 aliphatic rings. The van der Waals surface area contributed by atoms with Crippen LogP contribution in [0.15, 0.2) is 11.4 Å². The van der Waals surface area contributed by atoms with Gasteiger partial charge in [-0.2, -0.15) is 0 Å². The molecule has 0 unspecified atom stereocenters. The maximum Gasteiger partial charge on any atom is 0.343 e. The maximum absolute atomic E-state index is 11.3. The van der Waals surface area contributed by atoms with Crippen LogP contribution in [0.4, 0.5) is 9.80 Å². The predicted octanol–water partition coefficient (Wildman–Crippen LogP) is 1.15. The Morgan fingerprint density at radius 1 is 1.47 bits per heavy atom. The van der Waals surface area contributed by atoms with Gasteiger partial charge < -0.3 is 9.84 Å². The second kappa shape index (κ2) is 6.84. The van der Waals surface area contributed by atoms with Gasteiger partial charge in [0, 0.05) is 7.11 Å². The summed E-state index contributed by atoms with van der Waals surface area (Å²) in [4.78, 5) is 26.8. The van der Waals surface area contributed by atoms with Gasteiger partial charge in [-0.15, -0.1) is 11.3 Å². The van der Waals surface area contributed by atoms with Gasteiger partial charge in [0.05, 0.1) is 18.8 Å². The Kier molecular flexibility index (Phi) is 5.40. The fourth-order valence-electron chi connectivity index (χ4n) is 0.945. The first kappa shape index (κ1) is 13.4. The molecule has 0 spiro atoms. The lowest BCUT2D eigenvalue weighted by Crippen LogP contribution is -2.30. The molecule has 1 rings (SSSR count). The lowest BCUT2D eigenvalue weighted by molar-refractivity contribution is 0.0272. The molecule has 94 valence electrons. The molecule has 1 aromatic heterocycles. The fraction of sp³-hybridized carbons (Fsp3) is 0.333. The number of hydrogen-bond acceptors (Lipinski definition) is 5. The number of anilines is 1. The van der Waals surface area contributed by atoms with Gasteiger partial charge in [-0.3, -0.25) is 10.2 Å². The van der Waals surface area contributed by atoms with E-state index in [0.717, 1.165) is 11.3 Å². The van der Waals surface area contributed by atoms with Crippen LogP contribution in [0.1, 0.15) is 10.4 Å².